The Bertz CT molecular complexity index is 930. The predicted octanol–water partition coefficient (Wildman–Crippen LogP) is -0.0867. The molecule has 0 aromatic rings. The van der Waals surface area contributed by atoms with Crippen molar-refractivity contribution in [2.75, 3.05) is 6.61 Å². The van der Waals surface area contributed by atoms with Gasteiger partial charge in [0.15, 0.2) is 24.5 Å². The van der Waals surface area contributed by atoms with Gasteiger partial charge in [-0.2, -0.15) is 0 Å². The molecule has 4 rings (SSSR count). The van der Waals surface area contributed by atoms with E-state index in [9.17, 15) is 29.4 Å². The largest absolute Gasteiger partial charge is 0.489 e. The van der Waals surface area contributed by atoms with Crippen molar-refractivity contribution >= 4 is 23.8 Å². The van der Waals surface area contributed by atoms with Gasteiger partial charge in [0.05, 0.1) is 12.8 Å². The number of ether oxygens (including phenoxy) is 3. The highest BCUT2D eigenvalue weighted by molar-refractivity contribution is 5.91. The Kier molecular flexibility index (Phi) is 4.96. The predicted molar refractivity (Wildman–Crippen MR) is 94.9 cm³/mol. The summed E-state index contributed by atoms with van der Waals surface area (Å²) in [5, 5.41) is 18.5. The molecule has 11 nitrogen and oxygen atoms in total. The zero-order valence-electron chi connectivity index (χ0n) is 15.6. The van der Waals surface area contributed by atoms with Crippen molar-refractivity contribution in [3.05, 3.63) is 41.7 Å². The average Bonchev–Trinajstić information content (AvgIpc) is 3.14. The zero-order valence-corrected chi connectivity index (χ0v) is 15.6. The van der Waals surface area contributed by atoms with Gasteiger partial charge in [-0.15, -0.1) is 0 Å². The molecule has 30 heavy (non-hydrogen) atoms. The van der Waals surface area contributed by atoms with Crippen LogP contribution in [0.15, 0.2) is 41.7 Å². The fourth-order valence-corrected chi connectivity index (χ4v) is 3.66. The molecule has 0 aromatic heterocycles. The van der Waals surface area contributed by atoms with E-state index < -0.39 is 36.5 Å². The number of carbonyl (C=O) groups is 4. The van der Waals surface area contributed by atoms with E-state index >= 15 is 0 Å². The lowest BCUT2D eigenvalue weighted by molar-refractivity contribution is -0.163. The van der Waals surface area contributed by atoms with Crippen LogP contribution < -0.4 is 0 Å². The van der Waals surface area contributed by atoms with Crippen LogP contribution in [0.5, 0.6) is 0 Å². The number of β-lactam (4-membered cyclic amide) rings is 2. The Morgan fingerprint density at radius 1 is 1.00 bits per heavy atom. The first kappa shape index (κ1) is 19.6. The molecular formula is C19H18N2O9. The van der Waals surface area contributed by atoms with Gasteiger partial charge in [-0.25, -0.2) is 9.59 Å². The number of rotatable bonds is 7. The first-order valence-electron chi connectivity index (χ1n) is 9.21. The molecule has 2 N–H and O–H groups in total. The van der Waals surface area contributed by atoms with Gasteiger partial charge in [-0.1, -0.05) is 5.73 Å². The van der Waals surface area contributed by atoms with Gasteiger partial charge in [-0.3, -0.25) is 19.4 Å². The second-order valence-corrected chi connectivity index (χ2v) is 6.91. The highest BCUT2D eigenvalue weighted by Crippen LogP contribution is 2.37. The normalized spacial score (nSPS) is 31.1. The molecule has 4 aliphatic rings. The van der Waals surface area contributed by atoms with Crippen LogP contribution in [0.4, 0.5) is 0 Å². The number of fused-ring (bicyclic) bond motifs is 2. The SMILES string of the molecule is O=C(O)C1/C(=C/CC=C=COC/C=C2\OC3CC(=O)N3C2C(=O)O)OC2CC(=O)N21. The minimum absolute atomic E-state index is 0.0265. The highest BCUT2D eigenvalue weighted by atomic mass is 16.5. The molecule has 4 saturated heterocycles. The second kappa shape index (κ2) is 7.60. The van der Waals surface area contributed by atoms with Gasteiger partial charge in [0, 0.05) is 0 Å². The van der Waals surface area contributed by atoms with Crippen molar-refractivity contribution in [1.29, 1.82) is 0 Å². The maximum atomic E-state index is 11.5. The number of amides is 2. The van der Waals surface area contributed by atoms with Crippen molar-refractivity contribution in [1.82, 2.24) is 9.80 Å². The number of nitrogens with zero attached hydrogens (tertiary/aromatic N) is 2. The molecule has 4 atom stereocenters. The fraction of sp³-hybridized carbons (Fsp3) is 0.421. The molecule has 0 aromatic carbocycles. The summed E-state index contributed by atoms with van der Waals surface area (Å²) in [6, 6.07) is -2.22. The third-order valence-electron chi connectivity index (χ3n) is 5.09. The molecule has 4 heterocycles. The Labute approximate surface area is 170 Å². The molecule has 0 bridgehead atoms. The van der Waals surface area contributed by atoms with E-state index in [0.29, 0.717) is 6.42 Å². The quantitative estimate of drug-likeness (QED) is 0.251. The van der Waals surface area contributed by atoms with Gasteiger partial charge in [0.25, 0.3) is 0 Å². The molecule has 0 aliphatic carbocycles. The zero-order chi connectivity index (χ0) is 21.4. The third-order valence-corrected chi connectivity index (χ3v) is 5.09. The summed E-state index contributed by atoms with van der Waals surface area (Å²) in [4.78, 5) is 48.1. The van der Waals surface area contributed by atoms with E-state index in [2.05, 4.69) is 5.73 Å². The molecule has 4 fully saturated rings. The molecule has 4 unspecified atom stereocenters. The summed E-state index contributed by atoms with van der Waals surface area (Å²) in [6.45, 7) is 0.0265. The molecule has 0 saturated carbocycles. The Morgan fingerprint density at radius 2 is 1.53 bits per heavy atom. The molecule has 0 radical (unpaired) electrons. The monoisotopic (exact) mass is 418 g/mol. The lowest BCUT2D eigenvalue weighted by Crippen LogP contribution is -2.54. The van der Waals surface area contributed by atoms with Gasteiger partial charge < -0.3 is 24.4 Å². The van der Waals surface area contributed by atoms with Gasteiger partial charge >= 0.3 is 11.9 Å². The van der Waals surface area contributed by atoms with Crippen molar-refractivity contribution in [3.63, 3.8) is 0 Å². The van der Waals surface area contributed by atoms with E-state index in [4.69, 9.17) is 14.2 Å². The topological polar surface area (TPSA) is 143 Å². The van der Waals surface area contributed by atoms with Gasteiger partial charge in [-0.05, 0) is 24.6 Å². The Morgan fingerprint density at radius 3 is 2.03 bits per heavy atom. The van der Waals surface area contributed by atoms with E-state index in [0.717, 1.165) is 0 Å². The van der Waals surface area contributed by atoms with Crippen LogP contribution in [-0.4, -0.2) is 74.9 Å². The van der Waals surface area contributed by atoms with Crippen LogP contribution in [0.2, 0.25) is 0 Å². The highest BCUT2D eigenvalue weighted by Gasteiger charge is 2.54. The summed E-state index contributed by atoms with van der Waals surface area (Å²) in [5.74, 6) is -2.44. The molecule has 4 aliphatic heterocycles. The number of carbonyl (C=O) groups excluding carboxylic acids is 2. The Hall–Kier alpha value is -3.72. The van der Waals surface area contributed by atoms with E-state index in [1.807, 2.05) is 0 Å². The summed E-state index contributed by atoms with van der Waals surface area (Å²) in [7, 11) is 0. The van der Waals surface area contributed by atoms with Gasteiger partial charge in [0.1, 0.15) is 24.4 Å². The number of allylic oxidation sites excluding steroid dienone is 2. The molecule has 2 amide bonds. The van der Waals surface area contributed by atoms with Crippen molar-refractivity contribution in [2.24, 2.45) is 0 Å². The van der Waals surface area contributed by atoms with Crippen LogP contribution in [0.1, 0.15) is 19.3 Å². The number of carboxylic acids is 2. The van der Waals surface area contributed by atoms with Crippen LogP contribution in [0.3, 0.4) is 0 Å². The molecule has 158 valence electrons. The van der Waals surface area contributed by atoms with E-state index in [1.54, 1.807) is 12.2 Å². The maximum absolute atomic E-state index is 11.5. The lowest BCUT2D eigenvalue weighted by atomic mass is 10.1. The minimum atomic E-state index is -1.17. The van der Waals surface area contributed by atoms with Gasteiger partial charge in [0.2, 0.25) is 11.8 Å². The van der Waals surface area contributed by atoms with Crippen LogP contribution in [-0.2, 0) is 33.4 Å². The molecular weight excluding hydrogens is 400 g/mol. The number of hydrogen-bond donors (Lipinski definition) is 2. The smallest absolute Gasteiger partial charge is 0.334 e. The van der Waals surface area contributed by atoms with Crippen LogP contribution >= 0.6 is 0 Å². The lowest BCUT2D eigenvalue weighted by Gasteiger charge is -2.33. The second-order valence-electron chi connectivity index (χ2n) is 6.91. The molecule has 11 heteroatoms. The number of hydrogen-bond acceptors (Lipinski definition) is 7. The minimum Gasteiger partial charge on any atom is -0.489 e. The molecule has 0 spiro atoms. The van der Waals surface area contributed by atoms with E-state index in [-0.39, 0.29) is 42.8 Å². The fourth-order valence-electron chi connectivity index (χ4n) is 3.66. The first-order chi connectivity index (χ1) is 14.4. The van der Waals surface area contributed by atoms with Crippen molar-refractivity contribution < 1.29 is 43.6 Å². The van der Waals surface area contributed by atoms with Crippen molar-refractivity contribution in [3.8, 4) is 0 Å². The maximum Gasteiger partial charge on any atom is 0.334 e. The third kappa shape index (κ3) is 3.29. The number of carboxylic acid groups (broad SMARTS) is 2. The summed E-state index contributed by atoms with van der Waals surface area (Å²) in [6.07, 6.45) is 5.50. The van der Waals surface area contributed by atoms with E-state index in [1.165, 1.54) is 22.1 Å². The van der Waals surface area contributed by atoms with Crippen LogP contribution in [0.25, 0.3) is 0 Å². The summed E-state index contributed by atoms with van der Waals surface area (Å²) in [5.41, 5.74) is 2.75. The van der Waals surface area contributed by atoms with Crippen LogP contribution in [0, 0.1) is 0 Å². The summed E-state index contributed by atoms with van der Waals surface area (Å²) < 4.78 is 16.1. The first-order valence-corrected chi connectivity index (χ1v) is 9.21. The summed E-state index contributed by atoms with van der Waals surface area (Å²) >= 11 is 0. The number of aliphatic carboxylic acids is 2. The average molecular weight is 418 g/mol. The Balaban J connectivity index is 1.27. The van der Waals surface area contributed by atoms with Crippen molar-refractivity contribution in [2.45, 2.75) is 43.8 Å². The standard InChI is InChI=1S/C19H18N2O9/c22-12-8-14-20(12)16(18(24)25)10(29-14)4-2-1-3-6-28-7-5-11-17(19(26)27)21-13(23)9-15(21)30-11/h1,4-6,14-17H,2,7-9H2,(H,24,25)(H,26,27)/b10-4-,11-5-.